The third kappa shape index (κ3) is 4.48. The molecular formula is C20H15F5N2O2S. The van der Waals surface area contributed by atoms with E-state index in [1.807, 2.05) is 0 Å². The number of nitrogens with zero attached hydrogens (tertiary/aromatic N) is 2. The van der Waals surface area contributed by atoms with Gasteiger partial charge in [0.15, 0.2) is 5.16 Å². The molecule has 0 amide bonds. The van der Waals surface area contributed by atoms with Crippen molar-refractivity contribution >= 4 is 17.9 Å². The van der Waals surface area contributed by atoms with Crippen molar-refractivity contribution in [3.8, 4) is 22.5 Å². The summed E-state index contributed by atoms with van der Waals surface area (Å²) in [4.78, 5) is 16.7. The number of rotatable bonds is 6. The highest BCUT2D eigenvalue weighted by Crippen LogP contribution is 2.43. The topological polar surface area (TPSA) is 44.1 Å². The van der Waals surface area contributed by atoms with Crippen LogP contribution in [-0.2, 0) is 4.74 Å². The fraction of sp³-hybridized carbons (Fsp3) is 0.200. The summed E-state index contributed by atoms with van der Waals surface area (Å²) in [5.41, 5.74) is 0.820. The number of benzene rings is 2. The van der Waals surface area contributed by atoms with Crippen LogP contribution in [0.1, 0.15) is 6.92 Å². The van der Waals surface area contributed by atoms with Crippen LogP contribution >= 0.6 is 11.8 Å². The predicted molar refractivity (Wildman–Crippen MR) is 102 cm³/mol. The molecular weight excluding hydrogens is 427 g/mol. The van der Waals surface area contributed by atoms with Gasteiger partial charge in [0.25, 0.3) is 0 Å². The van der Waals surface area contributed by atoms with Gasteiger partial charge < -0.3 is 4.74 Å². The standard InChI is InChI=1S/C20H15F5N2O2S/c1-2-29-19(28)27-16(13-8-10-14(21)11-9-13)15(12-6-4-3-5-7-12)26-18(27)30-20(24,25)17(22)23/h3-11,17H,2H2,1H3. The van der Waals surface area contributed by atoms with Gasteiger partial charge in [-0.15, -0.1) is 0 Å². The Balaban J connectivity index is 2.29. The average Bonchev–Trinajstić information content (AvgIpc) is 3.08. The Bertz CT molecular complexity index is 1020. The Kier molecular flexibility index (Phi) is 6.45. The molecule has 0 fully saturated rings. The lowest BCUT2D eigenvalue weighted by Gasteiger charge is -2.15. The lowest BCUT2D eigenvalue weighted by molar-refractivity contribution is -0.0566. The summed E-state index contributed by atoms with van der Waals surface area (Å²) >= 11 is -0.544. The second-order valence-corrected chi connectivity index (χ2v) is 7.08. The smallest absolute Gasteiger partial charge is 0.420 e. The second-order valence-electron chi connectivity index (χ2n) is 5.96. The van der Waals surface area contributed by atoms with Gasteiger partial charge >= 0.3 is 17.8 Å². The van der Waals surface area contributed by atoms with Crippen molar-refractivity contribution in [1.82, 2.24) is 9.55 Å². The largest absolute Gasteiger partial charge is 0.449 e. The first kappa shape index (κ1) is 21.8. The van der Waals surface area contributed by atoms with Gasteiger partial charge in [-0.2, -0.15) is 8.78 Å². The highest BCUT2D eigenvalue weighted by molar-refractivity contribution is 8.00. The lowest BCUT2D eigenvalue weighted by Crippen LogP contribution is -2.24. The van der Waals surface area contributed by atoms with E-state index >= 15 is 0 Å². The second kappa shape index (κ2) is 8.86. The van der Waals surface area contributed by atoms with Gasteiger partial charge in [0.2, 0.25) is 0 Å². The van der Waals surface area contributed by atoms with Crippen LogP contribution in [0.5, 0.6) is 0 Å². The van der Waals surface area contributed by atoms with E-state index in [0.717, 1.165) is 12.1 Å². The summed E-state index contributed by atoms with van der Waals surface area (Å²) in [6.07, 6.45) is -5.05. The van der Waals surface area contributed by atoms with E-state index < -0.39 is 40.5 Å². The summed E-state index contributed by atoms with van der Waals surface area (Å²) in [5, 5.41) is -5.17. The molecule has 10 heteroatoms. The maximum absolute atomic E-state index is 13.8. The first-order chi connectivity index (χ1) is 14.2. The van der Waals surface area contributed by atoms with E-state index in [-0.39, 0.29) is 23.6 Å². The molecule has 0 spiro atoms. The molecule has 4 nitrogen and oxygen atoms in total. The minimum Gasteiger partial charge on any atom is -0.449 e. The van der Waals surface area contributed by atoms with Crippen LogP contribution in [0.3, 0.4) is 0 Å². The number of halogens is 5. The first-order valence-corrected chi connectivity index (χ1v) is 9.52. The van der Waals surface area contributed by atoms with E-state index in [1.54, 1.807) is 30.3 Å². The number of hydrogen-bond donors (Lipinski definition) is 0. The molecule has 2 aromatic carbocycles. The normalized spacial score (nSPS) is 11.7. The van der Waals surface area contributed by atoms with Crippen LogP contribution in [0.2, 0.25) is 0 Å². The molecule has 0 unspecified atom stereocenters. The highest BCUT2D eigenvalue weighted by atomic mass is 32.2. The molecule has 3 aromatic rings. The highest BCUT2D eigenvalue weighted by Gasteiger charge is 2.44. The van der Waals surface area contributed by atoms with Crippen molar-refractivity contribution in [2.24, 2.45) is 0 Å². The van der Waals surface area contributed by atoms with Crippen LogP contribution < -0.4 is 0 Å². The Morgan fingerprint density at radius 3 is 2.30 bits per heavy atom. The third-order valence-corrected chi connectivity index (χ3v) is 4.85. The van der Waals surface area contributed by atoms with Gasteiger partial charge in [0, 0.05) is 11.1 Å². The van der Waals surface area contributed by atoms with Gasteiger partial charge in [-0.1, -0.05) is 30.3 Å². The molecule has 0 bridgehead atoms. The quantitative estimate of drug-likeness (QED) is 0.331. The molecule has 1 heterocycles. The number of hydrogen-bond acceptors (Lipinski definition) is 4. The molecule has 0 aliphatic rings. The van der Waals surface area contributed by atoms with E-state index in [1.165, 1.54) is 19.1 Å². The maximum atomic E-state index is 13.8. The fourth-order valence-electron chi connectivity index (χ4n) is 2.66. The molecule has 0 N–H and O–H groups in total. The number of aromatic nitrogens is 2. The van der Waals surface area contributed by atoms with Crippen LogP contribution in [0.25, 0.3) is 22.5 Å². The van der Waals surface area contributed by atoms with Crippen molar-refractivity contribution < 1.29 is 31.5 Å². The zero-order valence-electron chi connectivity index (χ0n) is 15.5. The number of carbonyl (C=O) groups excluding carboxylic acids is 1. The van der Waals surface area contributed by atoms with Crippen molar-refractivity contribution in [2.45, 2.75) is 23.8 Å². The van der Waals surface area contributed by atoms with Crippen molar-refractivity contribution in [3.05, 3.63) is 60.4 Å². The summed E-state index contributed by atoms with van der Waals surface area (Å²) in [5.74, 6) is -0.555. The van der Waals surface area contributed by atoms with E-state index in [4.69, 9.17) is 4.74 Å². The summed E-state index contributed by atoms with van der Waals surface area (Å²) in [7, 11) is 0. The minimum atomic E-state index is -4.50. The summed E-state index contributed by atoms with van der Waals surface area (Å²) in [6, 6.07) is 13.2. The number of ether oxygens (including phenoxy) is 1. The monoisotopic (exact) mass is 442 g/mol. The Morgan fingerprint density at radius 1 is 1.10 bits per heavy atom. The zero-order chi connectivity index (χ0) is 21.9. The predicted octanol–water partition coefficient (Wildman–Crippen LogP) is 6.31. The van der Waals surface area contributed by atoms with Crippen LogP contribution in [0, 0.1) is 5.82 Å². The molecule has 30 heavy (non-hydrogen) atoms. The van der Waals surface area contributed by atoms with Gasteiger partial charge in [-0.05, 0) is 43.0 Å². The zero-order valence-corrected chi connectivity index (χ0v) is 16.3. The van der Waals surface area contributed by atoms with Gasteiger partial charge in [0.1, 0.15) is 5.82 Å². The number of thioether (sulfide) groups is 1. The van der Waals surface area contributed by atoms with Crippen LogP contribution in [0.4, 0.5) is 26.7 Å². The maximum Gasteiger partial charge on any atom is 0.420 e. The molecule has 0 saturated heterocycles. The van der Waals surface area contributed by atoms with Crippen molar-refractivity contribution in [2.75, 3.05) is 6.61 Å². The first-order valence-electron chi connectivity index (χ1n) is 8.70. The molecule has 3 rings (SSSR count). The van der Waals surface area contributed by atoms with Gasteiger partial charge in [-0.3, -0.25) is 0 Å². The molecule has 0 aliphatic heterocycles. The Hall–Kier alpha value is -2.88. The van der Waals surface area contributed by atoms with Gasteiger partial charge in [-0.25, -0.2) is 27.5 Å². The number of carbonyl (C=O) groups is 1. The SMILES string of the molecule is CCOC(=O)n1c(SC(F)(F)C(F)F)nc(-c2ccccc2)c1-c1ccc(F)cc1. The Labute approximate surface area is 172 Å². The molecule has 0 saturated carbocycles. The molecule has 0 atom stereocenters. The third-order valence-electron chi connectivity index (χ3n) is 3.94. The van der Waals surface area contributed by atoms with E-state index in [9.17, 15) is 26.7 Å². The number of imidazole rings is 1. The van der Waals surface area contributed by atoms with Gasteiger partial charge in [0.05, 0.1) is 18.0 Å². The summed E-state index contributed by atoms with van der Waals surface area (Å²) < 4.78 is 72.3. The van der Waals surface area contributed by atoms with Crippen molar-refractivity contribution in [3.63, 3.8) is 0 Å². The van der Waals surface area contributed by atoms with Crippen LogP contribution in [-0.4, -0.2) is 33.9 Å². The fourth-order valence-corrected chi connectivity index (χ4v) is 3.39. The molecule has 0 radical (unpaired) electrons. The van der Waals surface area contributed by atoms with Crippen molar-refractivity contribution in [1.29, 1.82) is 0 Å². The average molecular weight is 442 g/mol. The molecule has 0 aliphatic carbocycles. The molecule has 158 valence electrons. The van der Waals surface area contributed by atoms with Crippen LogP contribution in [0.15, 0.2) is 59.8 Å². The minimum absolute atomic E-state index is 0.0206. The molecule has 1 aromatic heterocycles. The summed E-state index contributed by atoms with van der Waals surface area (Å²) in [6.45, 7) is 1.42. The Morgan fingerprint density at radius 2 is 1.73 bits per heavy atom. The van der Waals surface area contributed by atoms with E-state index in [0.29, 0.717) is 10.1 Å². The number of alkyl halides is 4. The van der Waals surface area contributed by atoms with E-state index in [2.05, 4.69) is 4.98 Å². The lowest BCUT2D eigenvalue weighted by atomic mass is 10.0.